The molecule has 13 heteroatoms. The van der Waals surface area contributed by atoms with Crippen LogP contribution in [0.1, 0.15) is 20.7 Å². The summed E-state index contributed by atoms with van der Waals surface area (Å²) in [6.07, 6.45) is -8.33. The Morgan fingerprint density at radius 1 is 0.879 bits per heavy atom. The van der Waals surface area contributed by atoms with Crippen LogP contribution in [0.5, 0.6) is 28.7 Å². The molecule has 0 aliphatic carbocycles. The lowest BCUT2D eigenvalue weighted by molar-refractivity contribution is -0.277. The molecule has 3 rings (SSSR count). The highest BCUT2D eigenvalue weighted by molar-refractivity contribution is 5.91. The number of esters is 1. The molecule has 2 aromatic rings. The average Bonchev–Trinajstić information content (AvgIpc) is 2.77. The van der Waals surface area contributed by atoms with Crippen LogP contribution in [0.3, 0.4) is 0 Å². The lowest BCUT2D eigenvalue weighted by atomic mass is 9.99. The van der Waals surface area contributed by atoms with Crippen LogP contribution in [0, 0.1) is 0 Å². The molecule has 0 aromatic heterocycles. The van der Waals surface area contributed by atoms with E-state index in [1.807, 2.05) is 0 Å². The van der Waals surface area contributed by atoms with E-state index in [4.69, 9.17) is 19.3 Å². The van der Waals surface area contributed by atoms with E-state index in [1.165, 1.54) is 6.07 Å². The predicted octanol–water partition coefficient (Wildman–Crippen LogP) is -0.749. The summed E-state index contributed by atoms with van der Waals surface area (Å²) in [6, 6.07) is 4.80. The summed E-state index contributed by atoms with van der Waals surface area (Å²) in [5.74, 6) is -5.62. The summed E-state index contributed by atoms with van der Waals surface area (Å²) < 4.78 is 15.7. The minimum atomic E-state index is -1.80. The number of carboxylic acids is 1. The van der Waals surface area contributed by atoms with Crippen LogP contribution in [0.15, 0.2) is 30.3 Å². The minimum absolute atomic E-state index is 0.149. The quantitative estimate of drug-likeness (QED) is 0.193. The van der Waals surface area contributed by atoms with E-state index in [9.17, 15) is 45.3 Å². The Morgan fingerprint density at radius 2 is 1.52 bits per heavy atom. The standard InChI is InChI=1S/C20H20O13/c21-10-2-1-8(5-9(10)18(28)29)32-20-17(27)16(26)15(25)13(33-20)6-31-19(30)7-3-11(22)14(24)12(23)4-7/h1-5,13,15-17,20-27H,6H2,(H,28,29)/t13-,15-,16-,17-,20-/m0/s1. The van der Waals surface area contributed by atoms with Gasteiger partial charge in [-0.2, -0.15) is 0 Å². The van der Waals surface area contributed by atoms with E-state index in [0.717, 1.165) is 24.3 Å². The number of carbonyl (C=O) groups is 2. The molecule has 0 amide bonds. The van der Waals surface area contributed by atoms with Gasteiger partial charge < -0.3 is 55.1 Å². The van der Waals surface area contributed by atoms with Crippen molar-refractivity contribution in [2.24, 2.45) is 0 Å². The highest BCUT2D eigenvalue weighted by atomic mass is 16.7. The number of aliphatic hydroxyl groups excluding tert-OH is 3. The summed E-state index contributed by atoms with van der Waals surface area (Å²) in [5.41, 5.74) is -0.837. The number of aromatic hydroxyl groups is 4. The van der Waals surface area contributed by atoms with E-state index in [0.29, 0.717) is 0 Å². The highest BCUT2D eigenvalue weighted by Crippen LogP contribution is 2.35. The summed E-state index contributed by atoms with van der Waals surface area (Å²) in [5, 5.41) is 77.3. The van der Waals surface area contributed by atoms with E-state index in [1.54, 1.807) is 0 Å². The van der Waals surface area contributed by atoms with Crippen LogP contribution >= 0.6 is 0 Å². The van der Waals surface area contributed by atoms with Crippen LogP contribution in [0.2, 0.25) is 0 Å². The highest BCUT2D eigenvalue weighted by Gasteiger charge is 2.45. The molecule has 2 aromatic carbocycles. The Bertz CT molecular complexity index is 1030. The third-order valence-corrected chi connectivity index (χ3v) is 4.80. The molecular weight excluding hydrogens is 448 g/mol. The Morgan fingerprint density at radius 3 is 2.12 bits per heavy atom. The summed E-state index contributed by atoms with van der Waals surface area (Å²) in [7, 11) is 0. The lowest BCUT2D eigenvalue weighted by Gasteiger charge is -2.39. The second-order valence-electron chi connectivity index (χ2n) is 7.08. The molecule has 0 unspecified atom stereocenters. The fourth-order valence-corrected chi connectivity index (χ4v) is 3.01. The van der Waals surface area contributed by atoms with Gasteiger partial charge in [0.1, 0.15) is 48.1 Å². The normalized spacial score (nSPS) is 24.8. The predicted molar refractivity (Wildman–Crippen MR) is 104 cm³/mol. The number of carboxylic acid groups (broad SMARTS) is 1. The molecule has 1 heterocycles. The molecule has 1 fully saturated rings. The van der Waals surface area contributed by atoms with Crippen LogP contribution in [-0.4, -0.2) is 90.1 Å². The molecule has 13 nitrogen and oxygen atoms in total. The number of hydrogen-bond donors (Lipinski definition) is 8. The lowest BCUT2D eigenvalue weighted by Crippen LogP contribution is -2.60. The Balaban J connectivity index is 1.71. The maximum absolute atomic E-state index is 12.2. The molecule has 0 saturated carbocycles. The van der Waals surface area contributed by atoms with Gasteiger partial charge in [0.2, 0.25) is 6.29 Å². The first-order valence-electron chi connectivity index (χ1n) is 9.34. The topological polar surface area (TPSA) is 224 Å². The molecule has 5 atom stereocenters. The molecule has 0 spiro atoms. The number of ether oxygens (including phenoxy) is 3. The fourth-order valence-electron chi connectivity index (χ4n) is 3.01. The summed E-state index contributed by atoms with van der Waals surface area (Å²) in [4.78, 5) is 23.3. The maximum atomic E-state index is 12.2. The van der Waals surface area contributed by atoms with E-state index in [-0.39, 0.29) is 11.3 Å². The van der Waals surface area contributed by atoms with Gasteiger partial charge in [-0.25, -0.2) is 9.59 Å². The molecule has 0 bridgehead atoms. The number of aliphatic hydroxyl groups is 3. The molecular formula is C20H20O13. The van der Waals surface area contributed by atoms with E-state index in [2.05, 4.69) is 0 Å². The number of rotatable bonds is 6. The van der Waals surface area contributed by atoms with Crippen LogP contribution in [0.4, 0.5) is 0 Å². The van der Waals surface area contributed by atoms with Crippen molar-refractivity contribution in [3.05, 3.63) is 41.5 Å². The zero-order valence-electron chi connectivity index (χ0n) is 16.6. The molecule has 1 aliphatic rings. The van der Waals surface area contributed by atoms with Gasteiger partial charge in [-0.15, -0.1) is 0 Å². The fraction of sp³-hybridized carbons (Fsp3) is 0.300. The van der Waals surface area contributed by atoms with Gasteiger partial charge in [0, 0.05) is 0 Å². The van der Waals surface area contributed by atoms with Crippen LogP contribution in [-0.2, 0) is 9.47 Å². The smallest absolute Gasteiger partial charge is 0.339 e. The Labute approximate surface area is 184 Å². The van der Waals surface area contributed by atoms with Crippen LogP contribution < -0.4 is 4.74 Å². The number of hydrogen-bond acceptors (Lipinski definition) is 12. The number of carbonyl (C=O) groups excluding carboxylic acids is 1. The van der Waals surface area contributed by atoms with Crippen molar-refractivity contribution in [1.29, 1.82) is 0 Å². The molecule has 33 heavy (non-hydrogen) atoms. The van der Waals surface area contributed by atoms with Crippen molar-refractivity contribution in [1.82, 2.24) is 0 Å². The maximum Gasteiger partial charge on any atom is 0.339 e. The Kier molecular flexibility index (Phi) is 6.78. The third-order valence-electron chi connectivity index (χ3n) is 4.80. The van der Waals surface area contributed by atoms with Crippen molar-refractivity contribution in [2.45, 2.75) is 30.7 Å². The van der Waals surface area contributed by atoms with Gasteiger partial charge in [0.25, 0.3) is 0 Å². The van der Waals surface area contributed by atoms with Gasteiger partial charge in [-0.1, -0.05) is 0 Å². The van der Waals surface area contributed by atoms with E-state index >= 15 is 0 Å². The van der Waals surface area contributed by atoms with Crippen molar-refractivity contribution >= 4 is 11.9 Å². The first-order valence-corrected chi connectivity index (χ1v) is 9.34. The number of phenolic OH excluding ortho intramolecular Hbond substituents is 3. The van der Waals surface area contributed by atoms with Crippen molar-refractivity contribution < 1.29 is 64.7 Å². The van der Waals surface area contributed by atoms with E-state index < -0.39 is 77.8 Å². The second kappa shape index (κ2) is 9.38. The molecule has 1 aliphatic heterocycles. The molecule has 0 radical (unpaired) electrons. The van der Waals surface area contributed by atoms with Gasteiger partial charge in [-0.05, 0) is 30.3 Å². The molecule has 178 valence electrons. The monoisotopic (exact) mass is 468 g/mol. The van der Waals surface area contributed by atoms with Gasteiger partial charge in [0.15, 0.2) is 17.2 Å². The largest absolute Gasteiger partial charge is 0.507 e. The molecule has 8 N–H and O–H groups in total. The number of phenols is 4. The first-order chi connectivity index (χ1) is 15.5. The summed E-state index contributed by atoms with van der Waals surface area (Å²) >= 11 is 0. The van der Waals surface area contributed by atoms with Crippen molar-refractivity contribution in [3.63, 3.8) is 0 Å². The van der Waals surface area contributed by atoms with Gasteiger partial charge in [-0.3, -0.25) is 0 Å². The van der Waals surface area contributed by atoms with Crippen molar-refractivity contribution in [2.75, 3.05) is 6.61 Å². The second-order valence-corrected chi connectivity index (χ2v) is 7.08. The number of benzene rings is 2. The van der Waals surface area contributed by atoms with Gasteiger partial charge >= 0.3 is 11.9 Å². The first kappa shape index (κ1) is 23.9. The third kappa shape index (κ3) is 5.01. The zero-order chi connectivity index (χ0) is 24.4. The summed E-state index contributed by atoms with van der Waals surface area (Å²) in [6.45, 7) is -0.665. The van der Waals surface area contributed by atoms with Crippen molar-refractivity contribution in [3.8, 4) is 28.7 Å². The SMILES string of the molecule is O=C(OC[C@@H]1O[C@H](Oc2ccc(O)c(C(=O)O)c2)[C@@H](O)[C@@H](O)[C@H]1O)c1cc(O)c(O)c(O)c1. The average molecular weight is 468 g/mol. The van der Waals surface area contributed by atoms with Gasteiger partial charge in [0.05, 0.1) is 5.56 Å². The number of aromatic carboxylic acids is 1. The Hall–Kier alpha value is -3.78. The zero-order valence-corrected chi connectivity index (χ0v) is 16.6. The van der Waals surface area contributed by atoms with Crippen LogP contribution in [0.25, 0.3) is 0 Å². The minimum Gasteiger partial charge on any atom is -0.507 e. The molecule has 1 saturated heterocycles.